The van der Waals surface area contributed by atoms with Gasteiger partial charge in [0.15, 0.2) is 0 Å². The quantitative estimate of drug-likeness (QED) is 0.192. The normalized spacial score (nSPS) is 19.9. The number of fused-ring (bicyclic) bond motifs is 3. The van der Waals surface area contributed by atoms with Crippen molar-refractivity contribution >= 4 is 33.5 Å². The van der Waals surface area contributed by atoms with Gasteiger partial charge in [-0.3, -0.25) is 4.99 Å². The number of para-hydroxylation sites is 1. The largest absolute Gasteiger partial charge is 0.488 e. The Morgan fingerprint density at radius 1 is 0.973 bits per heavy atom. The van der Waals surface area contributed by atoms with Crippen molar-refractivity contribution in [3.63, 3.8) is 0 Å². The first-order chi connectivity index (χ1) is 18.1. The molecule has 2 aliphatic rings. The number of benzene rings is 4. The molecule has 1 aliphatic heterocycles. The van der Waals surface area contributed by atoms with Crippen molar-refractivity contribution in [1.82, 2.24) is 0 Å². The van der Waals surface area contributed by atoms with Gasteiger partial charge in [-0.1, -0.05) is 72.3 Å². The highest BCUT2D eigenvalue weighted by atomic mass is 79.9. The smallest absolute Gasteiger partial charge is 0.134 e. The molecule has 0 saturated carbocycles. The minimum Gasteiger partial charge on any atom is -0.488 e. The SMILES string of the molecule is Cc1ccc(COc2ccc(C=Nc3ccc([C@@H]4Nc5ccccc5[C@@H]5C=CC[C@@H]54)cc3)cc2Br)cc1. The fourth-order valence-electron chi connectivity index (χ4n) is 5.35. The van der Waals surface area contributed by atoms with E-state index in [1.807, 2.05) is 24.4 Å². The van der Waals surface area contributed by atoms with Gasteiger partial charge in [0.1, 0.15) is 12.4 Å². The molecule has 0 unspecified atom stereocenters. The Labute approximate surface area is 227 Å². The number of aryl methyl sites for hydroxylation is 1. The molecule has 3 nitrogen and oxygen atoms in total. The van der Waals surface area contributed by atoms with Gasteiger partial charge in [-0.2, -0.15) is 0 Å². The zero-order valence-electron chi connectivity index (χ0n) is 20.8. The van der Waals surface area contributed by atoms with E-state index in [1.165, 1.54) is 22.4 Å². The number of anilines is 1. The third-order valence-electron chi connectivity index (χ3n) is 7.36. The van der Waals surface area contributed by atoms with E-state index in [1.54, 1.807) is 0 Å². The number of halogens is 1. The standard InChI is InChI=1S/C33H29BrN2O/c1-22-9-11-23(12-10-22)21-37-32-18-13-24(19-30(32)34)20-35-26-16-14-25(15-17-26)33-29-7-4-6-27(29)28-5-2-3-8-31(28)36-33/h2-6,8-20,27,29,33,36H,7,21H2,1H3/t27-,29-,33-/m0/s1. The van der Waals surface area contributed by atoms with Crippen LogP contribution in [0.1, 0.15) is 46.2 Å². The molecule has 0 bridgehead atoms. The molecule has 0 spiro atoms. The van der Waals surface area contributed by atoms with Crippen LogP contribution >= 0.6 is 15.9 Å². The number of hydrogen-bond donors (Lipinski definition) is 1. The molecule has 1 heterocycles. The molecule has 184 valence electrons. The van der Waals surface area contributed by atoms with Gasteiger partial charge >= 0.3 is 0 Å². The van der Waals surface area contributed by atoms with Crippen molar-refractivity contribution in [1.29, 1.82) is 0 Å². The Balaban J connectivity index is 1.12. The Morgan fingerprint density at radius 3 is 2.59 bits per heavy atom. The lowest BCUT2D eigenvalue weighted by atomic mass is 9.77. The first-order valence-corrected chi connectivity index (χ1v) is 13.6. The van der Waals surface area contributed by atoms with Crippen LogP contribution in [-0.4, -0.2) is 6.21 Å². The molecule has 4 aromatic rings. The maximum absolute atomic E-state index is 6.00. The summed E-state index contributed by atoms with van der Waals surface area (Å²) in [5, 5.41) is 3.80. The summed E-state index contributed by atoms with van der Waals surface area (Å²) in [7, 11) is 0. The van der Waals surface area contributed by atoms with E-state index in [2.05, 4.69) is 113 Å². The number of aliphatic imine (C=N–C) groups is 1. The fourth-order valence-corrected chi connectivity index (χ4v) is 5.86. The predicted octanol–water partition coefficient (Wildman–Crippen LogP) is 8.91. The lowest BCUT2D eigenvalue weighted by Gasteiger charge is -2.37. The van der Waals surface area contributed by atoms with Crippen LogP contribution in [0.15, 0.2) is 113 Å². The number of allylic oxidation sites excluding steroid dienone is 2. The van der Waals surface area contributed by atoms with Gasteiger partial charge in [-0.15, -0.1) is 0 Å². The highest BCUT2D eigenvalue weighted by Gasteiger charge is 2.37. The Hall–Kier alpha value is -3.63. The first-order valence-electron chi connectivity index (χ1n) is 12.8. The molecule has 4 heteroatoms. The van der Waals surface area contributed by atoms with Crippen molar-refractivity contribution in [2.24, 2.45) is 10.9 Å². The van der Waals surface area contributed by atoms with Gasteiger partial charge < -0.3 is 10.1 Å². The molecular formula is C33H29BrN2O. The van der Waals surface area contributed by atoms with Gasteiger partial charge in [0.2, 0.25) is 0 Å². The van der Waals surface area contributed by atoms with Crippen LogP contribution in [0.25, 0.3) is 0 Å². The fraction of sp³-hybridized carbons (Fsp3) is 0.182. The van der Waals surface area contributed by atoms with Crippen LogP contribution in [0, 0.1) is 12.8 Å². The minimum atomic E-state index is 0.302. The monoisotopic (exact) mass is 548 g/mol. The Bertz CT molecular complexity index is 1460. The lowest BCUT2D eigenvalue weighted by molar-refractivity contribution is 0.304. The van der Waals surface area contributed by atoms with Crippen molar-refractivity contribution in [2.45, 2.75) is 31.9 Å². The predicted molar refractivity (Wildman–Crippen MR) is 156 cm³/mol. The van der Waals surface area contributed by atoms with E-state index in [-0.39, 0.29) is 0 Å². The molecule has 3 atom stereocenters. The summed E-state index contributed by atoms with van der Waals surface area (Å²) < 4.78 is 6.92. The van der Waals surface area contributed by atoms with E-state index in [0.717, 1.165) is 33.5 Å². The second-order valence-corrected chi connectivity index (χ2v) is 10.7. The lowest BCUT2D eigenvalue weighted by Crippen LogP contribution is -2.28. The number of nitrogens with one attached hydrogen (secondary N) is 1. The zero-order chi connectivity index (χ0) is 25.2. The van der Waals surface area contributed by atoms with Crippen LogP contribution in [0.5, 0.6) is 5.75 Å². The summed E-state index contributed by atoms with van der Waals surface area (Å²) in [6.45, 7) is 2.63. The van der Waals surface area contributed by atoms with E-state index >= 15 is 0 Å². The second-order valence-electron chi connectivity index (χ2n) is 9.88. The minimum absolute atomic E-state index is 0.302. The van der Waals surface area contributed by atoms with Crippen LogP contribution in [-0.2, 0) is 6.61 Å². The molecule has 0 fully saturated rings. The molecule has 0 saturated heterocycles. The molecule has 0 amide bonds. The average Bonchev–Trinajstić information content (AvgIpc) is 3.43. The maximum atomic E-state index is 6.00. The highest BCUT2D eigenvalue weighted by Crippen LogP contribution is 2.49. The molecular weight excluding hydrogens is 520 g/mol. The van der Waals surface area contributed by atoms with E-state index in [0.29, 0.717) is 24.5 Å². The van der Waals surface area contributed by atoms with Gasteiger partial charge in [0.25, 0.3) is 0 Å². The van der Waals surface area contributed by atoms with Gasteiger partial charge in [0, 0.05) is 17.8 Å². The summed E-state index contributed by atoms with van der Waals surface area (Å²) >= 11 is 3.65. The van der Waals surface area contributed by atoms with Crippen molar-refractivity contribution in [3.05, 3.63) is 135 Å². The first kappa shape index (κ1) is 23.7. The van der Waals surface area contributed by atoms with Gasteiger partial charge in [-0.25, -0.2) is 0 Å². The van der Waals surface area contributed by atoms with Crippen molar-refractivity contribution in [3.8, 4) is 5.75 Å². The molecule has 4 aromatic carbocycles. The topological polar surface area (TPSA) is 33.6 Å². The number of hydrogen-bond acceptors (Lipinski definition) is 3. The summed E-state index contributed by atoms with van der Waals surface area (Å²) in [4.78, 5) is 4.72. The molecule has 1 N–H and O–H groups in total. The Morgan fingerprint density at radius 2 is 1.78 bits per heavy atom. The summed E-state index contributed by atoms with van der Waals surface area (Å²) in [6, 6.07) is 32.1. The summed E-state index contributed by atoms with van der Waals surface area (Å²) in [5.41, 5.74) is 8.33. The second kappa shape index (κ2) is 10.4. The van der Waals surface area contributed by atoms with Crippen molar-refractivity contribution in [2.75, 3.05) is 5.32 Å². The Kier molecular flexibility index (Phi) is 6.67. The molecule has 0 aromatic heterocycles. The molecule has 1 aliphatic carbocycles. The third-order valence-corrected chi connectivity index (χ3v) is 7.98. The van der Waals surface area contributed by atoms with Crippen LogP contribution in [0.3, 0.4) is 0 Å². The maximum Gasteiger partial charge on any atom is 0.134 e. The molecule has 0 radical (unpaired) electrons. The van der Waals surface area contributed by atoms with Crippen LogP contribution in [0.4, 0.5) is 11.4 Å². The van der Waals surface area contributed by atoms with E-state index in [9.17, 15) is 0 Å². The van der Waals surface area contributed by atoms with E-state index in [4.69, 9.17) is 9.73 Å². The number of nitrogens with zero attached hydrogens (tertiary/aromatic N) is 1. The zero-order valence-corrected chi connectivity index (χ0v) is 22.4. The van der Waals surface area contributed by atoms with Gasteiger partial charge in [0.05, 0.1) is 16.2 Å². The van der Waals surface area contributed by atoms with Crippen LogP contribution < -0.4 is 10.1 Å². The van der Waals surface area contributed by atoms with Crippen LogP contribution in [0.2, 0.25) is 0 Å². The van der Waals surface area contributed by atoms with Gasteiger partial charge in [-0.05, 0) is 93.8 Å². The molecule has 37 heavy (non-hydrogen) atoms. The molecule has 6 rings (SSSR count). The highest BCUT2D eigenvalue weighted by molar-refractivity contribution is 9.10. The summed E-state index contributed by atoms with van der Waals surface area (Å²) in [6.07, 6.45) is 7.72. The average molecular weight is 550 g/mol. The van der Waals surface area contributed by atoms with E-state index < -0.39 is 0 Å². The summed E-state index contributed by atoms with van der Waals surface area (Å²) in [5.74, 6) is 1.86. The third kappa shape index (κ3) is 5.12. The number of ether oxygens (including phenoxy) is 1. The number of rotatable bonds is 6. The van der Waals surface area contributed by atoms with Crippen molar-refractivity contribution < 1.29 is 4.74 Å².